The molecule has 0 unspecified atom stereocenters. The Kier molecular flexibility index (Phi) is 7.01. The Balaban J connectivity index is 1.26. The van der Waals surface area contributed by atoms with Crippen molar-refractivity contribution in [2.75, 3.05) is 19.6 Å². The lowest BCUT2D eigenvalue weighted by molar-refractivity contribution is 0.0731. The highest BCUT2D eigenvalue weighted by Crippen LogP contribution is 2.31. The maximum Gasteiger partial charge on any atom is 0.256 e. The van der Waals surface area contributed by atoms with Gasteiger partial charge in [-0.05, 0) is 79.6 Å². The molecule has 2 aromatic carbocycles. The van der Waals surface area contributed by atoms with Gasteiger partial charge in [-0.3, -0.25) is 14.7 Å². The average molecular weight is 468 g/mol. The van der Waals surface area contributed by atoms with E-state index >= 15 is 0 Å². The van der Waals surface area contributed by atoms with Gasteiger partial charge in [0.05, 0.1) is 11.3 Å². The van der Waals surface area contributed by atoms with Crippen LogP contribution in [-0.4, -0.2) is 40.3 Å². The molecule has 0 saturated carbocycles. The first-order valence-electron chi connectivity index (χ1n) is 13.1. The SMILES string of the molecule is Cc1ccc(C(=O)N2CCc3ccccc3C2)c(C2CCN(Cc3ccc(C(C)C)cc3)CC2)n1. The molecule has 4 heteroatoms. The minimum atomic E-state index is 0.134. The number of aromatic nitrogens is 1. The van der Waals surface area contributed by atoms with Gasteiger partial charge in [0.2, 0.25) is 0 Å². The van der Waals surface area contributed by atoms with Gasteiger partial charge >= 0.3 is 0 Å². The normalized spacial score (nSPS) is 17.0. The average Bonchev–Trinajstić information content (AvgIpc) is 2.89. The molecule has 0 N–H and O–H groups in total. The number of pyridine rings is 1. The summed E-state index contributed by atoms with van der Waals surface area (Å²) in [5, 5.41) is 0. The second kappa shape index (κ2) is 10.3. The van der Waals surface area contributed by atoms with Crippen LogP contribution in [0.1, 0.15) is 82.5 Å². The Morgan fingerprint density at radius 3 is 2.37 bits per heavy atom. The molecule has 2 aliphatic rings. The topological polar surface area (TPSA) is 36.4 Å². The number of piperidine rings is 1. The molecule has 1 amide bonds. The maximum absolute atomic E-state index is 13.6. The molecule has 0 spiro atoms. The smallest absolute Gasteiger partial charge is 0.256 e. The summed E-state index contributed by atoms with van der Waals surface area (Å²) >= 11 is 0. The largest absolute Gasteiger partial charge is 0.334 e. The van der Waals surface area contributed by atoms with Gasteiger partial charge in [0.1, 0.15) is 0 Å². The summed E-state index contributed by atoms with van der Waals surface area (Å²) in [5.74, 6) is 1.04. The van der Waals surface area contributed by atoms with Crippen molar-refractivity contribution >= 4 is 5.91 Å². The van der Waals surface area contributed by atoms with Crippen LogP contribution in [-0.2, 0) is 19.5 Å². The number of rotatable bonds is 5. The third-order valence-electron chi connectivity index (χ3n) is 7.74. The van der Waals surface area contributed by atoms with Crippen molar-refractivity contribution in [2.45, 2.75) is 65.0 Å². The van der Waals surface area contributed by atoms with Gasteiger partial charge in [-0.25, -0.2) is 0 Å². The molecule has 35 heavy (non-hydrogen) atoms. The number of carbonyl (C=O) groups excluding carboxylic acids is 1. The number of likely N-dealkylation sites (tertiary alicyclic amines) is 1. The van der Waals surface area contributed by atoms with E-state index in [4.69, 9.17) is 4.98 Å². The van der Waals surface area contributed by atoms with Gasteiger partial charge in [0.15, 0.2) is 0 Å². The van der Waals surface area contributed by atoms with E-state index in [1.165, 1.54) is 22.3 Å². The highest BCUT2D eigenvalue weighted by atomic mass is 16.2. The number of hydrogen-bond donors (Lipinski definition) is 0. The zero-order valence-corrected chi connectivity index (χ0v) is 21.3. The number of fused-ring (bicyclic) bond motifs is 1. The first-order chi connectivity index (χ1) is 17.0. The van der Waals surface area contributed by atoms with Crippen LogP contribution in [0.5, 0.6) is 0 Å². The third-order valence-corrected chi connectivity index (χ3v) is 7.74. The number of aryl methyl sites for hydroxylation is 1. The summed E-state index contributed by atoms with van der Waals surface area (Å²) in [4.78, 5) is 23.1. The molecule has 3 aromatic rings. The highest BCUT2D eigenvalue weighted by Gasteiger charge is 2.29. The van der Waals surface area contributed by atoms with Crippen LogP contribution >= 0.6 is 0 Å². The summed E-state index contributed by atoms with van der Waals surface area (Å²) in [5.41, 5.74) is 8.21. The second-order valence-corrected chi connectivity index (χ2v) is 10.6. The molecule has 0 bridgehead atoms. The molecule has 3 heterocycles. The predicted molar refractivity (Wildman–Crippen MR) is 142 cm³/mol. The van der Waals surface area contributed by atoms with E-state index in [0.29, 0.717) is 18.4 Å². The van der Waals surface area contributed by atoms with Crippen LogP contribution in [0, 0.1) is 6.92 Å². The Morgan fingerprint density at radius 1 is 0.943 bits per heavy atom. The maximum atomic E-state index is 13.6. The molecule has 182 valence electrons. The fourth-order valence-corrected chi connectivity index (χ4v) is 5.54. The molecule has 1 aromatic heterocycles. The zero-order chi connectivity index (χ0) is 24.4. The minimum absolute atomic E-state index is 0.134. The van der Waals surface area contributed by atoms with E-state index in [-0.39, 0.29) is 5.91 Å². The second-order valence-electron chi connectivity index (χ2n) is 10.6. The monoisotopic (exact) mass is 467 g/mol. The number of benzene rings is 2. The van der Waals surface area contributed by atoms with E-state index in [1.54, 1.807) is 0 Å². The number of amides is 1. The van der Waals surface area contributed by atoms with Crippen molar-refractivity contribution in [1.82, 2.24) is 14.8 Å². The number of carbonyl (C=O) groups is 1. The van der Waals surface area contributed by atoms with Crippen molar-refractivity contribution in [2.24, 2.45) is 0 Å². The first kappa shape index (κ1) is 23.7. The molecule has 2 aliphatic heterocycles. The predicted octanol–water partition coefficient (Wildman–Crippen LogP) is 6.09. The Labute approximate surface area is 210 Å². The summed E-state index contributed by atoms with van der Waals surface area (Å²) in [7, 11) is 0. The van der Waals surface area contributed by atoms with Gasteiger partial charge in [-0.2, -0.15) is 0 Å². The zero-order valence-electron chi connectivity index (χ0n) is 21.3. The van der Waals surface area contributed by atoms with E-state index in [0.717, 1.165) is 62.4 Å². The molecule has 1 fully saturated rings. The Bertz CT molecular complexity index is 1180. The third kappa shape index (κ3) is 5.33. The summed E-state index contributed by atoms with van der Waals surface area (Å²) in [6.45, 7) is 11.0. The van der Waals surface area contributed by atoms with E-state index in [1.807, 2.05) is 24.0 Å². The van der Waals surface area contributed by atoms with Crippen LogP contribution in [0.3, 0.4) is 0 Å². The van der Waals surface area contributed by atoms with Gasteiger partial charge in [0, 0.05) is 31.2 Å². The summed E-state index contributed by atoms with van der Waals surface area (Å²) < 4.78 is 0. The lowest BCUT2D eigenvalue weighted by Gasteiger charge is -2.33. The standard InChI is InChI=1S/C31H37N3O/c1-22(2)25-11-9-24(10-12-25)20-33-17-14-27(15-18-33)30-29(13-8-23(3)32-30)31(35)34-19-16-26-6-4-5-7-28(26)21-34/h4-13,22,27H,14-21H2,1-3H3. The van der Waals surface area contributed by atoms with Crippen LogP contribution in [0.2, 0.25) is 0 Å². The molecule has 0 atom stereocenters. The summed E-state index contributed by atoms with van der Waals surface area (Å²) in [6, 6.07) is 21.6. The fourth-order valence-electron chi connectivity index (χ4n) is 5.54. The lowest BCUT2D eigenvalue weighted by Crippen LogP contribution is -2.37. The molecule has 0 aliphatic carbocycles. The van der Waals surface area contributed by atoms with Gasteiger partial charge < -0.3 is 4.90 Å². The van der Waals surface area contributed by atoms with Gasteiger partial charge in [-0.1, -0.05) is 62.4 Å². The summed E-state index contributed by atoms with van der Waals surface area (Å²) in [6.07, 6.45) is 3.01. The van der Waals surface area contributed by atoms with E-state index < -0.39 is 0 Å². The quantitative estimate of drug-likeness (QED) is 0.455. The Hall–Kier alpha value is -2.98. The van der Waals surface area contributed by atoms with Crippen molar-refractivity contribution in [3.05, 3.63) is 99.9 Å². The first-order valence-corrected chi connectivity index (χ1v) is 13.1. The molecule has 1 saturated heterocycles. The molecular weight excluding hydrogens is 430 g/mol. The van der Waals surface area contributed by atoms with Crippen molar-refractivity contribution < 1.29 is 4.79 Å². The lowest BCUT2D eigenvalue weighted by atomic mass is 9.89. The fraction of sp³-hybridized carbons (Fsp3) is 0.419. The van der Waals surface area contributed by atoms with Gasteiger partial charge in [0.25, 0.3) is 5.91 Å². The van der Waals surface area contributed by atoms with Crippen LogP contribution in [0.4, 0.5) is 0 Å². The van der Waals surface area contributed by atoms with Crippen molar-refractivity contribution in [3.8, 4) is 0 Å². The van der Waals surface area contributed by atoms with Crippen LogP contribution in [0.25, 0.3) is 0 Å². The Morgan fingerprint density at radius 2 is 1.66 bits per heavy atom. The number of nitrogens with zero attached hydrogens (tertiary/aromatic N) is 3. The molecule has 0 radical (unpaired) electrons. The number of hydrogen-bond acceptors (Lipinski definition) is 3. The van der Waals surface area contributed by atoms with Gasteiger partial charge in [-0.15, -0.1) is 0 Å². The molecule has 4 nitrogen and oxygen atoms in total. The van der Waals surface area contributed by atoms with E-state index in [9.17, 15) is 4.79 Å². The highest BCUT2D eigenvalue weighted by molar-refractivity contribution is 5.95. The van der Waals surface area contributed by atoms with Crippen LogP contribution < -0.4 is 0 Å². The molecule has 5 rings (SSSR count). The van der Waals surface area contributed by atoms with E-state index in [2.05, 4.69) is 67.3 Å². The van der Waals surface area contributed by atoms with Crippen molar-refractivity contribution in [1.29, 1.82) is 0 Å². The minimum Gasteiger partial charge on any atom is -0.334 e. The van der Waals surface area contributed by atoms with Crippen molar-refractivity contribution in [3.63, 3.8) is 0 Å². The van der Waals surface area contributed by atoms with Crippen LogP contribution in [0.15, 0.2) is 60.7 Å². The molecular formula is C31H37N3O.